The molecule has 0 aliphatic rings. The Kier molecular flexibility index (Phi) is 31.2. The number of rotatable bonds is 31. The molecule has 0 radical (unpaired) electrons. The molecular formula is C36H74. The Morgan fingerprint density at radius 3 is 0.611 bits per heavy atom. The molecule has 0 aliphatic heterocycles. The number of hydrogen-bond acceptors (Lipinski definition) is 0. The minimum atomic E-state index is 0.962. The molecule has 0 bridgehead atoms. The van der Waals surface area contributed by atoms with Gasteiger partial charge in [-0.2, -0.15) is 0 Å². The fourth-order valence-corrected chi connectivity index (χ4v) is 5.94. The van der Waals surface area contributed by atoms with Gasteiger partial charge in [-0.3, -0.25) is 0 Å². The molecule has 0 aromatic rings. The van der Waals surface area contributed by atoms with Crippen LogP contribution in [0, 0.1) is 11.8 Å². The van der Waals surface area contributed by atoms with E-state index in [1.807, 2.05) is 0 Å². The van der Waals surface area contributed by atoms with Crippen LogP contribution in [0.3, 0.4) is 0 Å². The number of unbranched alkanes of at least 4 members (excludes halogenated alkanes) is 23. The highest BCUT2D eigenvalue weighted by atomic mass is 14.1. The van der Waals surface area contributed by atoms with Gasteiger partial charge in [0.25, 0.3) is 0 Å². The second-order valence-corrected chi connectivity index (χ2v) is 12.9. The molecule has 0 heteroatoms. The second-order valence-electron chi connectivity index (χ2n) is 12.9. The van der Waals surface area contributed by atoms with Crippen LogP contribution in [0.5, 0.6) is 0 Å². The lowest BCUT2D eigenvalue weighted by Gasteiger charge is -2.12. The Labute approximate surface area is 232 Å². The van der Waals surface area contributed by atoms with Crippen LogP contribution in [0.1, 0.15) is 220 Å². The van der Waals surface area contributed by atoms with Crippen LogP contribution < -0.4 is 0 Å². The molecule has 0 aromatic heterocycles. The average molecular weight is 507 g/mol. The zero-order chi connectivity index (χ0) is 26.4. The maximum Gasteiger partial charge on any atom is -0.0443 e. The smallest absolute Gasteiger partial charge is 0.0443 e. The standard InChI is InChI=1S/C36H74/c1-5-7-9-11-13-15-16-17-19-21-24-28-32-36(4)34-30-26-22-25-29-33-35(3)31-27-23-20-18-14-12-10-8-6-2/h35-36H,5-34H2,1-4H3. The van der Waals surface area contributed by atoms with Crippen LogP contribution in [-0.4, -0.2) is 0 Å². The van der Waals surface area contributed by atoms with Crippen LogP contribution >= 0.6 is 0 Å². The summed E-state index contributed by atoms with van der Waals surface area (Å²) in [6.45, 7) is 9.63. The third kappa shape index (κ3) is 30.2. The van der Waals surface area contributed by atoms with Crippen LogP contribution in [0.2, 0.25) is 0 Å². The molecule has 0 fully saturated rings. The Morgan fingerprint density at radius 2 is 0.417 bits per heavy atom. The molecule has 0 rings (SSSR count). The van der Waals surface area contributed by atoms with Crippen molar-refractivity contribution in [1.29, 1.82) is 0 Å². The summed E-state index contributed by atoms with van der Waals surface area (Å²) in [5.74, 6) is 1.93. The lowest BCUT2D eigenvalue weighted by atomic mass is 9.94. The maximum atomic E-state index is 2.51. The van der Waals surface area contributed by atoms with Gasteiger partial charge in [0, 0.05) is 0 Å². The summed E-state index contributed by atoms with van der Waals surface area (Å²) in [5.41, 5.74) is 0. The van der Waals surface area contributed by atoms with E-state index in [9.17, 15) is 0 Å². The Morgan fingerprint density at radius 1 is 0.250 bits per heavy atom. The summed E-state index contributed by atoms with van der Waals surface area (Å²) >= 11 is 0. The van der Waals surface area contributed by atoms with Crippen LogP contribution in [0.25, 0.3) is 0 Å². The first-order chi connectivity index (χ1) is 17.7. The zero-order valence-electron chi connectivity index (χ0n) is 26.4. The van der Waals surface area contributed by atoms with Crippen molar-refractivity contribution in [1.82, 2.24) is 0 Å². The molecule has 0 spiro atoms. The van der Waals surface area contributed by atoms with Gasteiger partial charge in [0.05, 0.1) is 0 Å². The monoisotopic (exact) mass is 507 g/mol. The maximum absolute atomic E-state index is 2.51. The minimum Gasteiger partial charge on any atom is -0.0654 e. The molecule has 0 nitrogen and oxygen atoms in total. The predicted molar refractivity (Wildman–Crippen MR) is 168 cm³/mol. The highest BCUT2D eigenvalue weighted by Gasteiger charge is 2.04. The van der Waals surface area contributed by atoms with E-state index < -0.39 is 0 Å². The van der Waals surface area contributed by atoms with Crippen molar-refractivity contribution >= 4 is 0 Å². The molecule has 0 heterocycles. The molecular weight excluding hydrogens is 432 g/mol. The van der Waals surface area contributed by atoms with E-state index in [1.165, 1.54) is 193 Å². The lowest BCUT2D eigenvalue weighted by molar-refractivity contribution is 0.416. The van der Waals surface area contributed by atoms with Crippen molar-refractivity contribution in [2.24, 2.45) is 11.8 Å². The van der Waals surface area contributed by atoms with Gasteiger partial charge in [-0.05, 0) is 11.8 Å². The molecule has 0 saturated heterocycles. The van der Waals surface area contributed by atoms with Crippen LogP contribution in [-0.2, 0) is 0 Å². The summed E-state index contributed by atoms with van der Waals surface area (Å²) in [7, 11) is 0. The first-order valence-electron chi connectivity index (χ1n) is 17.7. The molecule has 218 valence electrons. The van der Waals surface area contributed by atoms with Gasteiger partial charge < -0.3 is 0 Å². The zero-order valence-corrected chi connectivity index (χ0v) is 26.4. The second kappa shape index (κ2) is 31.2. The van der Waals surface area contributed by atoms with E-state index in [-0.39, 0.29) is 0 Å². The third-order valence-electron chi connectivity index (χ3n) is 8.74. The van der Waals surface area contributed by atoms with Crippen molar-refractivity contribution in [3.05, 3.63) is 0 Å². The van der Waals surface area contributed by atoms with E-state index in [2.05, 4.69) is 27.7 Å². The molecule has 0 aliphatic carbocycles. The SMILES string of the molecule is CCCCCCCCCCCCCCC(C)CCCCCCCC(C)CCCCCCCCCCC. The first kappa shape index (κ1) is 36.0. The molecule has 0 N–H and O–H groups in total. The van der Waals surface area contributed by atoms with Crippen LogP contribution in [0.4, 0.5) is 0 Å². The molecule has 2 atom stereocenters. The summed E-state index contributed by atoms with van der Waals surface area (Å²) in [6, 6.07) is 0. The molecule has 2 unspecified atom stereocenters. The summed E-state index contributed by atoms with van der Waals surface area (Å²) < 4.78 is 0. The van der Waals surface area contributed by atoms with Crippen molar-refractivity contribution in [3.63, 3.8) is 0 Å². The molecule has 0 amide bonds. The molecule has 0 aromatic carbocycles. The van der Waals surface area contributed by atoms with Crippen LogP contribution in [0.15, 0.2) is 0 Å². The molecule has 36 heavy (non-hydrogen) atoms. The van der Waals surface area contributed by atoms with Gasteiger partial charge in [-0.25, -0.2) is 0 Å². The van der Waals surface area contributed by atoms with E-state index >= 15 is 0 Å². The Balaban J connectivity index is 3.24. The van der Waals surface area contributed by atoms with E-state index in [0.29, 0.717) is 0 Å². The van der Waals surface area contributed by atoms with Crippen molar-refractivity contribution in [2.45, 2.75) is 220 Å². The summed E-state index contributed by atoms with van der Waals surface area (Å²) in [4.78, 5) is 0. The fraction of sp³-hybridized carbons (Fsp3) is 1.00. The molecule has 0 saturated carbocycles. The predicted octanol–water partition coefficient (Wildman–Crippen LogP) is 14.0. The topological polar surface area (TPSA) is 0 Å². The third-order valence-corrected chi connectivity index (χ3v) is 8.74. The van der Waals surface area contributed by atoms with Crippen molar-refractivity contribution < 1.29 is 0 Å². The fourth-order valence-electron chi connectivity index (χ4n) is 5.94. The van der Waals surface area contributed by atoms with Gasteiger partial charge >= 0.3 is 0 Å². The van der Waals surface area contributed by atoms with Gasteiger partial charge in [0.2, 0.25) is 0 Å². The van der Waals surface area contributed by atoms with Gasteiger partial charge in [0.1, 0.15) is 0 Å². The highest BCUT2D eigenvalue weighted by molar-refractivity contribution is 4.58. The van der Waals surface area contributed by atoms with E-state index in [0.717, 1.165) is 11.8 Å². The average Bonchev–Trinajstić information content (AvgIpc) is 2.87. The normalized spacial score (nSPS) is 13.3. The summed E-state index contributed by atoms with van der Waals surface area (Å²) in [5, 5.41) is 0. The van der Waals surface area contributed by atoms with Gasteiger partial charge in [0.15, 0.2) is 0 Å². The lowest BCUT2D eigenvalue weighted by Crippen LogP contribution is -1.96. The minimum absolute atomic E-state index is 0.962. The van der Waals surface area contributed by atoms with Gasteiger partial charge in [-0.1, -0.05) is 220 Å². The van der Waals surface area contributed by atoms with Crippen molar-refractivity contribution in [3.8, 4) is 0 Å². The summed E-state index contributed by atoms with van der Waals surface area (Å²) in [6.07, 6.45) is 44.1. The van der Waals surface area contributed by atoms with Crippen molar-refractivity contribution in [2.75, 3.05) is 0 Å². The Hall–Kier alpha value is 0. The largest absolute Gasteiger partial charge is 0.0654 e. The van der Waals surface area contributed by atoms with Gasteiger partial charge in [-0.15, -0.1) is 0 Å². The number of hydrogen-bond donors (Lipinski definition) is 0. The highest BCUT2D eigenvalue weighted by Crippen LogP contribution is 2.21. The first-order valence-corrected chi connectivity index (χ1v) is 17.7. The van der Waals surface area contributed by atoms with E-state index in [1.54, 1.807) is 0 Å². The Bertz CT molecular complexity index is 372. The van der Waals surface area contributed by atoms with E-state index in [4.69, 9.17) is 0 Å². The quantitative estimate of drug-likeness (QED) is 0.0820.